The first kappa shape index (κ1) is 30.7. The van der Waals surface area contributed by atoms with Crippen LogP contribution in [0.4, 0.5) is 5.69 Å². The minimum atomic E-state index is -0.891. The van der Waals surface area contributed by atoms with E-state index in [0.717, 1.165) is 35.3 Å². The van der Waals surface area contributed by atoms with Crippen LogP contribution in [-0.2, 0) is 21.7 Å². The van der Waals surface area contributed by atoms with E-state index in [1.807, 2.05) is 60.7 Å². The summed E-state index contributed by atoms with van der Waals surface area (Å²) in [6.07, 6.45) is 0.773. The highest BCUT2D eigenvalue weighted by Gasteiger charge is 2.39. The molecule has 4 aromatic carbocycles. The first-order chi connectivity index (χ1) is 22.3. The first-order valence-electron chi connectivity index (χ1n) is 15.6. The summed E-state index contributed by atoms with van der Waals surface area (Å²) in [6.45, 7) is 2.08. The van der Waals surface area contributed by atoms with E-state index in [2.05, 4.69) is 4.90 Å². The molecule has 0 radical (unpaired) electrons. The number of halogens is 1. The number of ether oxygens (including phenoxy) is 2. The molecule has 3 aliphatic rings. The molecule has 0 aromatic heterocycles. The van der Waals surface area contributed by atoms with Crippen LogP contribution in [0.2, 0.25) is 5.02 Å². The van der Waals surface area contributed by atoms with Crippen LogP contribution in [0, 0.1) is 0 Å². The minimum absolute atomic E-state index is 0.0308. The van der Waals surface area contributed by atoms with Crippen molar-refractivity contribution in [3.05, 3.63) is 135 Å². The maximum Gasteiger partial charge on any atom is 0.266 e. The van der Waals surface area contributed by atoms with Crippen molar-refractivity contribution in [3.63, 3.8) is 0 Å². The zero-order chi connectivity index (χ0) is 31.8. The maximum atomic E-state index is 13.0. The second-order valence-corrected chi connectivity index (χ2v) is 12.7. The number of carbonyl (C=O) groups is 2. The fraction of sp³-hybridized carbons (Fsp3) is 0.297. The van der Waals surface area contributed by atoms with Gasteiger partial charge in [0.1, 0.15) is 0 Å². The lowest BCUT2D eigenvalue weighted by Gasteiger charge is -2.42. The molecule has 0 unspecified atom stereocenters. The first-order valence-corrected chi connectivity index (χ1v) is 16.0. The number of rotatable bonds is 7. The third-order valence-electron chi connectivity index (χ3n) is 9.36. The Bertz CT molecular complexity index is 1680. The average molecular weight is 639 g/mol. The van der Waals surface area contributed by atoms with Crippen LogP contribution < -0.4 is 4.90 Å². The molecule has 4 aromatic rings. The van der Waals surface area contributed by atoms with Crippen molar-refractivity contribution < 1.29 is 29.3 Å². The van der Waals surface area contributed by atoms with Crippen molar-refractivity contribution in [3.8, 4) is 0 Å². The van der Waals surface area contributed by atoms with Gasteiger partial charge >= 0.3 is 0 Å². The highest BCUT2D eigenvalue weighted by atomic mass is 35.5. The summed E-state index contributed by atoms with van der Waals surface area (Å²) in [5.41, 5.74) is 3.88. The maximum absolute atomic E-state index is 13.0. The number of benzene rings is 4. The van der Waals surface area contributed by atoms with Gasteiger partial charge in [0.15, 0.2) is 6.29 Å². The number of amides is 2. The van der Waals surface area contributed by atoms with Gasteiger partial charge in [0, 0.05) is 36.6 Å². The van der Waals surface area contributed by atoms with Gasteiger partial charge in [0.2, 0.25) is 0 Å². The van der Waals surface area contributed by atoms with Gasteiger partial charge in [-0.25, -0.2) is 4.90 Å². The molecule has 0 saturated carbocycles. The van der Waals surface area contributed by atoms with Crippen molar-refractivity contribution in [2.24, 2.45) is 0 Å². The van der Waals surface area contributed by atoms with Crippen LogP contribution in [0.3, 0.4) is 0 Å². The van der Waals surface area contributed by atoms with E-state index in [1.165, 1.54) is 4.90 Å². The standard InChI is InChI=1S/C37H35ClN2O6/c38-28-13-11-27(12-14-28)37(44)17-19-39(20-18-37)22-30-21-33(25-7-5-24(23-41)6-8-25)46-36(45-30)26-9-15-29(16-10-26)40-34(42)31-3-1-2-4-32(31)35(40)43/h1-16,30,33,36,41,44H,17-23H2/t30-,33+,36+/m1/s1. The number of aliphatic hydroxyl groups excluding tert-OH is 1. The van der Waals surface area contributed by atoms with E-state index < -0.39 is 11.9 Å². The molecule has 2 amide bonds. The molecule has 46 heavy (non-hydrogen) atoms. The number of hydrogen-bond acceptors (Lipinski definition) is 7. The molecule has 0 bridgehead atoms. The molecule has 3 atom stereocenters. The Morgan fingerprint density at radius 2 is 1.39 bits per heavy atom. The smallest absolute Gasteiger partial charge is 0.266 e. The summed E-state index contributed by atoms with van der Waals surface area (Å²) in [5.74, 6) is -0.677. The summed E-state index contributed by atoms with van der Waals surface area (Å²) in [7, 11) is 0. The number of hydrogen-bond donors (Lipinski definition) is 2. The molecule has 7 rings (SSSR count). The zero-order valence-corrected chi connectivity index (χ0v) is 26.0. The Hall–Kier alpha value is -3.89. The molecule has 3 heterocycles. The molecular weight excluding hydrogens is 604 g/mol. The van der Waals surface area contributed by atoms with Crippen molar-refractivity contribution in [1.82, 2.24) is 4.90 Å². The van der Waals surface area contributed by atoms with Crippen LogP contribution in [0.15, 0.2) is 97.1 Å². The molecule has 8 nitrogen and oxygen atoms in total. The molecule has 0 aliphatic carbocycles. The minimum Gasteiger partial charge on any atom is -0.392 e. The largest absolute Gasteiger partial charge is 0.392 e. The van der Waals surface area contributed by atoms with Gasteiger partial charge in [-0.05, 0) is 65.9 Å². The number of nitrogens with zero attached hydrogens (tertiary/aromatic N) is 2. The van der Waals surface area contributed by atoms with Gasteiger partial charge in [-0.1, -0.05) is 72.3 Å². The Kier molecular flexibility index (Phi) is 8.50. The van der Waals surface area contributed by atoms with Gasteiger partial charge in [-0.15, -0.1) is 0 Å². The van der Waals surface area contributed by atoms with Gasteiger partial charge in [-0.2, -0.15) is 0 Å². The van der Waals surface area contributed by atoms with E-state index in [4.69, 9.17) is 21.1 Å². The topological polar surface area (TPSA) is 99.5 Å². The predicted octanol–water partition coefficient (Wildman–Crippen LogP) is 6.16. The van der Waals surface area contributed by atoms with Crippen LogP contribution in [0.1, 0.15) is 74.6 Å². The van der Waals surface area contributed by atoms with Crippen LogP contribution in [-0.4, -0.2) is 52.7 Å². The predicted molar refractivity (Wildman–Crippen MR) is 173 cm³/mol. The Labute approximate surface area is 272 Å². The van der Waals surface area contributed by atoms with Crippen LogP contribution in [0.5, 0.6) is 0 Å². The lowest BCUT2D eigenvalue weighted by Crippen LogP contribution is -2.46. The van der Waals surface area contributed by atoms with Gasteiger partial charge in [0.25, 0.3) is 11.8 Å². The number of imide groups is 1. The van der Waals surface area contributed by atoms with Gasteiger partial charge in [0.05, 0.1) is 41.2 Å². The average Bonchev–Trinajstić information content (AvgIpc) is 3.35. The van der Waals surface area contributed by atoms with Crippen molar-refractivity contribution >= 4 is 29.1 Å². The Balaban J connectivity index is 1.08. The van der Waals surface area contributed by atoms with Crippen LogP contribution >= 0.6 is 11.6 Å². The van der Waals surface area contributed by atoms with Crippen molar-refractivity contribution in [2.75, 3.05) is 24.5 Å². The quantitative estimate of drug-likeness (QED) is 0.234. The normalized spacial score (nSPS) is 23.0. The van der Waals surface area contributed by atoms with Gasteiger partial charge < -0.3 is 24.6 Å². The van der Waals surface area contributed by atoms with E-state index in [1.54, 1.807) is 36.4 Å². The number of aliphatic hydroxyl groups is 2. The lowest BCUT2D eigenvalue weighted by atomic mass is 9.84. The molecule has 2 fully saturated rings. The summed E-state index contributed by atoms with van der Waals surface area (Å²) in [4.78, 5) is 29.6. The number of likely N-dealkylation sites (tertiary alicyclic amines) is 1. The fourth-order valence-corrected chi connectivity index (χ4v) is 6.81. The number of piperidine rings is 1. The number of fused-ring (bicyclic) bond motifs is 1. The molecule has 0 spiro atoms. The van der Waals surface area contributed by atoms with Crippen LogP contribution in [0.25, 0.3) is 0 Å². The SMILES string of the molecule is O=C1c2ccccc2C(=O)N1c1ccc([C@H]2O[C@@H](CN3CCC(O)(c4ccc(Cl)cc4)CC3)C[C@@H](c3ccc(CO)cc3)O2)cc1. The summed E-state index contributed by atoms with van der Waals surface area (Å²) in [6, 6.07) is 29.2. The second-order valence-electron chi connectivity index (χ2n) is 12.3. The summed E-state index contributed by atoms with van der Waals surface area (Å²) >= 11 is 6.07. The van der Waals surface area contributed by atoms with E-state index in [-0.39, 0.29) is 30.6 Å². The molecule has 9 heteroatoms. The number of carbonyl (C=O) groups excluding carboxylic acids is 2. The van der Waals surface area contributed by atoms with E-state index in [9.17, 15) is 19.8 Å². The monoisotopic (exact) mass is 638 g/mol. The van der Waals surface area contributed by atoms with Crippen molar-refractivity contribution in [1.29, 1.82) is 0 Å². The fourth-order valence-electron chi connectivity index (χ4n) is 6.68. The number of anilines is 1. The Morgan fingerprint density at radius 3 is 2.00 bits per heavy atom. The molecule has 2 N–H and O–H groups in total. The molecular formula is C37H35ClN2O6. The van der Waals surface area contributed by atoms with E-state index in [0.29, 0.717) is 47.6 Å². The highest BCUT2D eigenvalue weighted by molar-refractivity contribution is 6.34. The third kappa shape index (κ3) is 6.00. The molecule has 236 valence electrons. The second kappa shape index (κ2) is 12.7. The Morgan fingerprint density at radius 1 is 0.783 bits per heavy atom. The van der Waals surface area contributed by atoms with Gasteiger partial charge in [-0.3, -0.25) is 9.59 Å². The van der Waals surface area contributed by atoms with E-state index >= 15 is 0 Å². The zero-order valence-electron chi connectivity index (χ0n) is 25.2. The summed E-state index contributed by atoms with van der Waals surface area (Å²) in [5, 5.41) is 21.6. The summed E-state index contributed by atoms with van der Waals surface area (Å²) < 4.78 is 13.1. The van der Waals surface area contributed by atoms with Crippen molar-refractivity contribution in [2.45, 2.75) is 50.0 Å². The lowest BCUT2D eigenvalue weighted by molar-refractivity contribution is -0.253. The molecule has 2 saturated heterocycles. The highest BCUT2D eigenvalue weighted by Crippen LogP contribution is 2.40. The third-order valence-corrected chi connectivity index (χ3v) is 9.61. The molecule has 3 aliphatic heterocycles.